The van der Waals surface area contributed by atoms with Crippen LogP contribution in [0.5, 0.6) is 0 Å². The van der Waals surface area contributed by atoms with Gasteiger partial charge in [0.05, 0.1) is 10.4 Å². The van der Waals surface area contributed by atoms with E-state index in [0.29, 0.717) is 15.7 Å². The van der Waals surface area contributed by atoms with Crippen LogP contribution in [0.2, 0.25) is 4.34 Å². The Kier molecular flexibility index (Phi) is 4.07. The highest BCUT2D eigenvalue weighted by molar-refractivity contribution is 7.16. The largest absolute Gasteiger partial charge is 0.478 e. The topological polar surface area (TPSA) is 62.2 Å². The summed E-state index contributed by atoms with van der Waals surface area (Å²) in [5, 5.41) is 12.4. The predicted octanol–water partition coefficient (Wildman–Crippen LogP) is 3.98. The lowest BCUT2D eigenvalue weighted by Crippen LogP contribution is -2.12. The first-order valence-corrected chi connectivity index (χ1v) is 6.89. The summed E-state index contributed by atoms with van der Waals surface area (Å²) >= 11 is 7.36. The second-order valence-corrected chi connectivity index (χ2v) is 5.91. The van der Waals surface area contributed by atoms with E-state index in [1.54, 1.807) is 19.2 Å². The number of hydrogen-bond donors (Lipinski definition) is 2. The molecule has 2 heterocycles. The maximum absolute atomic E-state index is 11.3. The molecule has 0 saturated carbocycles. The highest BCUT2D eigenvalue weighted by Crippen LogP contribution is 2.29. The third kappa shape index (κ3) is 3.05. The van der Waals surface area contributed by atoms with Crippen LogP contribution in [-0.2, 0) is 0 Å². The SMILES string of the molecule is Cc1ccnc(NC(C)c2ccc(Cl)s2)c1C(=O)O. The summed E-state index contributed by atoms with van der Waals surface area (Å²) in [4.78, 5) is 16.4. The van der Waals surface area contributed by atoms with Gasteiger partial charge in [0.15, 0.2) is 0 Å². The molecule has 0 amide bonds. The van der Waals surface area contributed by atoms with Crippen molar-refractivity contribution in [3.63, 3.8) is 0 Å². The molecule has 4 nitrogen and oxygen atoms in total. The number of rotatable bonds is 4. The van der Waals surface area contributed by atoms with Crippen molar-refractivity contribution in [1.82, 2.24) is 4.98 Å². The Bertz CT molecular complexity index is 612. The monoisotopic (exact) mass is 296 g/mol. The minimum atomic E-state index is -0.982. The molecule has 0 aromatic carbocycles. The van der Waals surface area contributed by atoms with Gasteiger partial charge in [-0.2, -0.15) is 0 Å². The second kappa shape index (κ2) is 5.59. The Hall–Kier alpha value is -1.59. The number of carbonyl (C=O) groups is 1. The van der Waals surface area contributed by atoms with Gasteiger partial charge in [-0.25, -0.2) is 9.78 Å². The molecular weight excluding hydrogens is 284 g/mol. The van der Waals surface area contributed by atoms with Crippen molar-refractivity contribution < 1.29 is 9.90 Å². The first-order valence-electron chi connectivity index (χ1n) is 5.69. The van der Waals surface area contributed by atoms with E-state index in [4.69, 9.17) is 11.6 Å². The third-order valence-electron chi connectivity index (χ3n) is 2.75. The number of halogens is 1. The standard InChI is InChI=1S/C13H13ClN2O2S/c1-7-5-6-15-12(11(7)13(17)18)16-8(2)9-3-4-10(14)19-9/h3-6,8H,1-2H3,(H,15,16)(H,17,18). The molecule has 2 N–H and O–H groups in total. The maximum atomic E-state index is 11.3. The molecule has 0 radical (unpaired) electrons. The Balaban J connectivity index is 2.28. The van der Waals surface area contributed by atoms with E-state index in [-0.39, 0.29) is 11.6 Å². The van der Waals surface area contributed by atoms with Crippen LogP contribution in [0.1, 0.15) is 33.8 Å². The van der Waals surface area contributed by atoms with Crippen LogP contribution in [0.25, 0.3) is 0 Å². The number of nitrogens with zero attached hydrogens (tertiary/aromatic N) is 1. The predicted molar refractivity (Wildman–Crippen MR) is 77.3 cm³/mol. The molecule has 1 unspecified atom stereocenters. The second-order valence-electron chi connectivity index (χ2n) is 4.16. The summed E-state index contributed by atoms with van der Waals surface area (Å²) in [6.07, 6.45) is 1.60. The normalized spacial score (nSPS) is 12.2. The third-order valence-corrected chi connectivity index (χ3v) is 4.16. The van der Waals surface area contributed by atoms with E-state index in [2.05, 4.69) is 10.3 Å². The minimum absolute atomic E-state index is 0.0510. The van der Waals surface area contributed by atoms with Crippen LogP contribution in [-0.4, -0.2) is 16.1 Å². The summed E-state index contributed by atoms with van der Waals surface area (Å²) in [5.41, 5.74) is 0.887. The Morgan fingerprint density at radius 3 is 2.79 bits per heavy atom. The number of thiophene rings is 1. The van der Waals surface area contributed by atoms with Crippen LogP contribution in [0.15, 0.2) is 24.4 Å². The molecule has 1 atom stereocenters. The molecule has 2 aromatic rings. The fourth-order valence-electron chi connectivity index (χ4n) is 1.77. The highest BCUT2D eigenvalue weighted by Gasteiger charge is 2.17. The number of aromatic carboxylic acids is 1. The molecule has 0 aliphatic rings. The molecule has 0 aliphatic carbocycles. The molecule has 6 heteroatoms. The number of aryl methyl sites for hydroxylation is 1. The van der Waals surface area contributed by atoms with Crippen LogP contribution in [0, 0.1) is 6.92 Å². The molecule has 100 valence electrons. The minimum Gasteiger partial charge on any atom is -0.478 e. The maximum Gasteiger partial charge on any atom is 0.339 e. The van der Waals surface area contributed by atoms with E-state index < -0.39 is 5.97 Å². The molecular formula is C13H13ClN2O2S. The van der Waals surface area contributed by atoms with Crippen LogP contribution in [0.3, 0.4) is 0 Å². The zero-order chi connectivity index (χ0) is 14.0. The highest BCUT2D eigenvalue weighted by atomic mass is 35.5. The Labute approximate surface area is 120 Å². The molecule has 2 rings (SSSR count). The van der Waals surface area contributed by atoms with Gasteiger partial charge in [0.2, 0.25) is 0 Å². The van der Waals surface area contributed by atoms with Gasteiger partial charge in [-0.15, -0.1) is 11.3 Å². The smallest absolute Gasteiger partial charge is 0.339 e. The first-order chi connectivity index (χ1) is 8.99. The lowest BCUT2D eigenvalue weighted by atomic mass is 10.1. The van der Waals surface area contributed by atoms with E-state index in [9.17, 15) is 9.90 Å². The fourth-order valence-corrected chi connectivity index (χ4v) is 2.84. The average Bonchev–Trinajstić information content (AvgIpc) is 2.75. The van der Waals surface area contributed by atoms with Crippen molar-refractivity contribution in [2.45, 2.75) is 19.9 Å². The van der Waals surface area contributed by atoms with Gasteiger partial charge in [0.1, 0.15) is 11.4 Å². The summed E-state index contributed by atoms with van der Waals surface area (Å²) in [7, 11) is 0. The van der Waals surface area contributed by atoms with Crippen LogP contribution in [0.4, 0.5) is 5.82 Å². The Morgan fingerprint density at radius 1 is 1.47 bits per heavy atom. The van der Waals surface area contributed by atoms with E-state index in [1.165, 1.54) is 11.3 Å². The fraction of sp³-hybridized carbons (Fsp3) is 0.231. The number of pyridine rings is 1. The van der Waals surface area contributed by atoms with Crippen LogP contribution < -0.4 is 5.32 Å². The Morgan fingerprint density at radius 2 is 2.21 bits per heavy atom. The van der Waals surface area contributed by atoms with Gasteiger partial charge in [-0.3, -0.25) is 0 Å². The summed E-state index contributed by atoms with van der Waals surface area (Å²) in [5.74, 6) is -0.603. The van der Waals surface area contributed by atoms with Gasteiger partial charge in [-0.05, 0) is 37.6 Å². The molecule has 0 spiro atoms. The number of carboxylic acid groups (broad SMARTS) is 1. The van der Waals surface area contributed by atoms with Gasteiger partial charge < -0.3 is 10.4 Å². The molecule has 19 heavy (non-hydrogen) atoms. The number of nitrogens with one attached hydrogen (secondary N) is 1. The van der Waals surface area contributed by atoms with Crippen LogP contribution >= 0.6 is 22.9 Å². The van der Waals surface area contributed by atoms with Gasteiger partial charge >= 0.3 is 5.97 Å². The van der Waals surface area contributed by atoms with Gasteiger partial charge in [-0.1, -0.05) is 11.6 Å². The molecule has 0 aliphatic heterocycles. The lowest BCUT2D eigenvalue weighted by molar-refractivity contribution is 0.0697. The quantitative estimate of drug-likeness (QED) is 0.896. The number of carboxylic acids is 1. The van der Waals surface area contributed by atoms with Gasteiger partial charge in [0, 0.05) is 11.1 Å². The molecule has 0 fully saturated rings. The van der Waals surface area contributed by atoms with Crippen molar-refractivity contribution in [1.29, 1.82) is 0 Å². The van der Waals surface area contributed by atoms with Crippen molar-refractivity contribution in [3.05, 3.63) is 44.7 Å². The number of anilines is 1. The first kappa shape index (κ1) is 13.8. The van der Waals surface area contributed by atoms with E-state index in [1.807, 2.05) is 19.1 Å². The summed E-state index contributed by atoms with van der Waals surface area (Å²) in [6, 6.07) is 5.37. The average molecular weight is 297 g/mol. The molecule has 0 saturated heterocycles. The van der Waals surface area contributed by atoms with E-state index >= 15 is 0 Å². The van der Waals surface area contributed by atoms with Crippen molar-refractivity contribution in [2.24, 2.45) is 0 Å². The summed E-state index contributed by atoms with van der Waals surface area (Å²) in [6.45, 7) is 3.70. The molecule has 0 bridgehead atoms. The van der Waals surface area contributed by atoms with E-state index in [0.717, 1.165) is 4.88 Å². The summed E-state index contributed by atoms with van der Waals surface area (Å²) < 4.78 is 0.708. The lowest BCUT2D eigenvalue weighted by Gasteiger charge is -2.15. The zero-order valence-corrected chi connectivity index (χ0v) is 12.0. The number of hydrogen-bond acceptors (Lipinski definition) is 4. The van der Waals surface area contributed by atoms with Gasteiger partial charge in [0.25, 0.3) is 0 Å². The van der Waals surface area contributed by atoms with Crippen molar-refractivity contribution >= 4 is 34.7 Å². The van der Waals surface area contributed by atoms with Crippen molar-refractivity contribution in [2.75, 3.05) is 5.32 Å². The van der Waals surface area contributed by atoms with Crippen molar-refractivity contribution in [3.8, 4) is 0 Å². The molecule has 2 aromatic heterocycles. The zero-order valence-electron chi connectivity index (χ0n) is 10.5. The number of aromatic nitrogens is 1.